The number of hydrogen-bond acceptors (Lipinski definition) is 3. The lowest BCUT2D eigenvalue weighted by molar-refractivity contribution is 0.0950. The van der Waals surface area contributed by atoms with Crippen LogP contribution >= 0.6 is 23.2 Å². The summed E-state index contributed by atoms with van der Waals surface area (Å²) in [6, 6.07) is 12.8. The molecule has 1 heterocycles. The smallest absolute Gasteiger partial charge is 0.272 e. The Morgan fingerprint density at radius 2 is 1.85 bits per heavy atom. The molecule has 0 saturated carbocycles. The highest BCUT2D eigenvalue weighted by Crippen LogP contribution is 2.22. The van der Waals surface area contributed by atoms with Crippen LogP contribution in [0, 0.1) is 13.8 Å². The number of hydrogen-bond donors (Lipinski definition) is 2. The van der Waals surface area contributed by atoms with E-state index in [1.807, 2.05) is 32.0 Å². The van der Waals surface area contributed by atoms with E-state index in [-0.39, 0.29) is 0 Å². The molecule has 5 nitrogen and oxygen atoms in total. The number of carbonyl (C=O) groups excluding carboxylic acids is 1. The molecule has 0 aliphatic rings. The molecule has 0 saturated heterocycles. The Balaban J connectivity index is 1.72. The molecular formula is C19H16Cl2N4O. The van der Waals surface area contributed by atoms with Crippen LogP contribution in [0.15, 0.2) is 47.6 Å². The number of aryl methyl sites for hydroxylation is 2. The number of rotatable bonds is 4. The zero-order chi connectivity index (χ0) is 18.7. The van der Waals surface area contributed by atoms with E-state index in [2.05, 4.69) is 20.7 Å². The minimum absolute atomic E-state index is 0.306. The van der Waals surface area contributed by atoms with Crippen molar-refractivity contribution in [2.24, 2.45) is 5.10 Å². The van der Waals surface area contributed by atoms with Gasteiger partial charge in [0, 0.05) is 11.1 Å². The van der Waals surface area contributed by atoms with Crippen molar-refractivity contribution >= 4 is 35.3 Å². The maximum Gasteiger partial charge on any atom is 0.289 e. The van der Waals surface area contributed by atoms with Crippen LogP contribution < -0.4 is 5.43 Å². The first-order chi connectivity index (χ1) is 12.5. The second-order valence-corrected chi connectivity index (χ2v) is 6.61. The zero-order valence-electron chi connectivity index (χ0n) is 14.2. The fraction of sp³-hybridized carbons (Fsp3) is 0.105. The monoisotopic (exact) mass is 386 g/mol. The number of halogens is 2. The highest BCUT2D eigenvalue weighted by Gasteiger charge is 2.11. The van der Waals surface area contributed by atoms with Gasteiger partial charge in [-0.05, 0) is 49.2 Å². The Labute approximate surface area is 161 Å². The van der Waals surface area contributed by atoms with Crippen molar-refractivity contribution in [1.29, 1.82) is 0 Å². The van der Waals surface area contributed by atoms with E-state index < -0.39 is 5.91 Å². The standard InChI is InChI=1S/C19H16Cl2N4O/c1-11-6-7-13(8-12(11)2)17-9-18(24-23-17)19(26)25-22-10-14-15(20)4-3-5-16(14)21/h3-10H,1-2H3,(H,23,24)(H,25,26)/b22-10-. The third-order valence-electron chi connectivity index (χ3n) is 3.98. The van der Waals surface area contributed by atoms with Crippen molar-refractivity contribution in [2.75, 3.05) is 0 Å². The van der Waals surface area contributed by atoms with E-state index >= 15 is 0 Å². The lowest BCUT2D eigenvalue weighted by Crippen LogP contribution is -2.18. The van der Waals surface area contributed by atoms with Gasteiger partial charge in [0.2, 0.25) is 0 Å². The van der Waals surface area contributed by atoms with E-state index in [9.17, 15) is 4.79 Å². The van der Waals surface area contributed by atoms with Crippen LogP contribution in [-0.2, 0) is 0 Å². The molecule has 3 rings (SSSR count). The van der Waals surface area contributed by atoms with Crippen LogP contribution in [0.1, 0.15) is 27.2 Å². The molecule has 0 aliphatic carbocycles. The number of aromatic nitrogens is 2. The Bertz CT molecular complexity index is 975. The van der Waals surface area contributed by atoms with Gasteiger partial charge < -0.3 is 0 Å². The second-order valence-electron chi connectivity index (χ2n) is 5.80. The molecule has 2 N–H and O–H groups in total. The van der Waals surface area contributed by atoms with Crippen molar-refractivity contribution < 1.29 is 4.79 Å². The van der Waals surface area contributed by atoms with Crippen molar-refractivity contribution in [2.45, 2.75) is 13.8 Å². The lowest BCUT2D eigenvalue weighted by Gasteiger charge is -2.02. The van der Waals surface area contributed by atoms with Gasteiger partial charge in [-0.25, -0.2) is 5.43 Å². The molecule has 0 spiro atoms. The first kappa shape index (κ1) is 18.2. The summed E-state index contributed by atoms with van der Waals surface area (Å²) >= 11 is 12.1. The van der Waals surface area contributed by atoms with Crippen molar-refractivity contribution in [3.05, 3.63) is 74.9 Å². The summed E-state index contributed by atoms with van der Waals surface area (Å²) in [4.78, 5) is 12.2. The van der Waals surface area contributed by atoms with Crippen LogP contribution in [0.5, 0.6) is 0 Å². The number of nitrogens with one attached hydrogen (secondary N) is 2. The first-order valence-electron chi connectivity index (χ1n) is 7.86. The highest BCUT2D eigenvalue weighted by atomic mass is 35.5. The van der Waals surface area contributed by atoms with E-state index in [0.717, 1.165) is 11.1 Å². The summed E-state index contributed by atoms with van der Waals surface area (Å²) in [5.74, 6) is -0.410. The number of hydrazone groups is 1. The Hall–Kier alpha value is -2.63. The van der Waals surface area contributed by atoms with Crippen LogP contribution in [0.4, 0.5) is 0 Å². The van der Waals surface area contributed by atoms with Gasteiger partial charge in [0.15, 0.2) is 0 Å². The van der Waals surface area contributed by atoms with Crippen molar-refractivity contribution in [3.8, 4) is 11.3 Å². The van der Waals surface area contributed by atoms with E-state index in [4.69, 9.17) is 23.2 Å². The molecule has 0 aliphatic heterocycles. The first-order valence-corrected chi connectivity index (χ1v) is 8.62. The van der Waals surface area contributed by atoms with Gasteiger partial charge in [0.05, 0.1) is 22.0 Å². The Morgan fingerprint density at radius 1 is 1.12 bits per heavy atom. The Kier molecular flexibility index (Phi) is 5.40. The fourth-order valence-corrected chi connectivity index (χ4v) is 2.83. The predicted octanol–water partition coefficient (Wildman–Crippen LogP) is 4.76. The van der Waals surface area contributed by atoms with Gasteiger partial charge >= 0.3 is 0 Å². The number of benzene rings is 2. The van der Waals surface area contributed by atoms with Crippen LogP contribution in [0.25, 0.3) is 11.3 Å². The molecule has 0 fully saturated rings. The van der Waals surface area contributed by atoms with Crippen LogP contribution in [0.3, 0.4) is 0 Å². The topological polar surface area (TPSA) is 70.1 Å². The van der Waals surface area contributed by atoms with Crippen LogP contribution in [0.2, 0.25) is 10.0 Å². The Morgan fingerprint density at radius 3 is 2.54 bits per heavy atom. The molecule has 0 unspecified atom stereocenters. The lowest BCUT2D eigenvalue weighted by atomic mass is 10.0. The van der Waals surface area contributed by atoms with Gasteiger partial charge in [0.1, 0.15) is 5.69 Å². The molecule has 0 radical (unpaired) electrons. The second kappa shape index (κ2) is 7.72. The number of amides is 1. The number of aromatic amines is 1. The number of carbonyl (C=O) groups is 1. The summed E-state index contributed by atoms with van der Waals surface area (Å²) in [5.41, 5.74) is 7.27. The quantitative estimate of drug-likeness (QED) is 0.500. The molecule has 7 heteroatoms. The number of nitrogens with zero attached hydrogens (tertiary/aromatic N) is 2. The summed E-state index contributed by atoms with van der Waals surface area (Å²) in [6.07, 6.45) is 1.41. The maximum atomic E-state index is 12.2. The molecular weight excluding hydrogens is 371 g/mol. The van der Waals surface area contributed by atoms with Gasteiger partial charge in [-0.15, -0.1) is 0 Å². The minimum Gasteiger partial charge on any atom is -0.272 e. The normalized spacial score (nSPS) is 11.1. The van der Waals surface area contributed by atoms with Gasteiger partial charge in [-0.1, -0.05) is 41.4 Å². The van der Waals surface area contributed by atoms with Gasteiger partial charge in [-0.2, -0.15) is 10.2 Å². The summed E-state index contributed by atoms with van der Waals surface area (Å²) in [6.45, 7) is 4.08. The molecule has 1 amide bonds. The molecule has 0 atom stereocenters. The zero-order valence-corrected chi connectivity index (χ0v) is 15.7. The third kappa shape index (κ3) is 3.95. The highest BCUT2D eigenvalue weighted by molar-refractivity contribution is 6.38. The molecule has 26 heavy (non-hydrogen) atoms. The molecule has 0 bridgehead atoms. The van der Waals surface area contributed by atoms with E-state index in [1.165, 1.54) is 11.8 Å². The summed E-state index contributed by atoms with van der Waals surface area (Å²) in [7, 11) is 0. The molecule has 1 aromatic heterocycles. The van der Waals surface area contributed by atoms with E-state index in [0.29, 0.717) is 27.0 Å². The molecule has 132 valence electrons. The van der Waals surface area contributed by atoms with Gasteiger partial charge in [0.25, 0.3) is 5.91 Å². The third-order valence-corrected chi connectivity index (χ3v) is 4.64. The SMILES string of the molecule is Cc1ccc(-c2cc(C(=O)N/N=C\c3c(Cl)cccc3Cl)[nH]n2)cc1C. The summed E-state index contributed by atoms with van der Waals surface area (Å²) < 4.78 is 0. The predicted molar refractivity (Wildman–Crippen MR) is 105 cm³/mol. The average Bonchev–Trinajstić information content (AvgIpc) is 3.10. The van der Waals surface area contributed by atoms with Gasteiger partial charge in [-0.3, -0.25) is 9.89 Å². The summed E-state index contributed by atoms with van der Waals surface area (Å²) in [5, 5.41) is 11.7. The van der Waals surface area contributed by atoms with Crippen molar-refractivity contribution in [1.82, 2.24) is 15.6 Å². The van der Waals surface area contributed by atoms with Crippen molar-refractivity contribution in [3.63, 3.8) is 0 Å². The minimum atomic E-state index is -0.410. The fourth-order valence-electron chi connectivity index (χ4n) is 2.34. The van der Waals surface area contributed by atoms with E-state index in [1.54, 1.807) is 24.3 Å². The molecule has 2 aromatic carbocycles. The van der Waals surface area contributed by atoms with Crippen LogP contribution in [-0.4, -0.2) is 22.3 Å². The largest absolute Gasteiger partial charge is 0.289 e. The maximum absolute atomic E-state index is 12.2. The molecule has 3 aromatic rings. The number of H-pyrrole nitrogens is 1. The average molecular weight is 387 g/mol.